The molecule has 1 aliphatic heterocycles. The molecule has 0 unspecified atom stereocenters. The van der Waals surface area contributed by atoms with E-state index in [4.69, 9.17) is 4.74 Å². The molecule has 190 valence electrons. The zero-order valence-corrected chi connectivity index (χ0v) is 23.0. The number of ketones is 4. The molecule has 0 bridgehead atoms. The molecule has 4 aromatic rings. The van der Waals surface area contributed by atoms with E-state index in [0.29, 0.717) is 11.1 Å². The monoisotopic (exact) mass is 624 g/mol. The normalized spacial score (nSPS) is 22.1. The highest BCUT2D eigenvalue weighted by atomic mass is 127. The van der Waals surface area contributed by atoms with Crippen molar-refractivity contribution in [2.75, 3.05) is 0 Å². The number of benzene rings is 4. The Morgan fingerprint density at radius 1 is 0.590 bits per heavy atom. The van der Waals surface area contributed by atoms with Crippen LogP contribution in [0.3, 0.4) is 0 Å². The Labute approximate surface area is 238 Å². The molecule has 39 heavy (non-hydrogen) atoms. The zero-order valence-electron chi connectivity index (χ0n) is 20.8. The molecule has 6 heteroatoms. The molecule has 4 aromatic carbocycles. The molecule has 7 rings (SSSR count). The fourth-order valence-electron chi connectivity index (χ4n) is 6.72. The molecule has 0 saturated carbocycles. The first-order valence-corrected chi connectivity index (χ1v) is 13.8. The number of hydrogen-bond donors (Lipinski definition) is 0. The lowest BCUT2D eigenvalue weighted by atomic mass is 9.60. The van der Waals surface area contributed by atoms with Gasteiger partial charge in [0.05, 0.1) is 5.92 Å². The largest absolute Gasteiger partial charge is 0.348 e. The molecular formula is C33H21IO5. The third kappa shape index (κ3) is 2.98. The lowest BCUT2D eigenvalue weighted by molar-refractivity contribution is -0.0210. The van der Waals surface area contributed by atoms with E-state index in [2.05, 4.69) is 22.6 Å². The second kappa shape index (κ2) is 8.37. The van der Waals surface area contributed by atoms with E-state index < -0.39 is 46.2 Å². The summed E-state index contributed by atoms with van der Waals surface area (Å²) >= 11 is 2.17. The van der Waals surface area contributed by atoms with Gasteiger partial charge in [0, 0.05) is 25.8 Å². The van der Waals surface area contributed by atoms with Crippen LogP contribution < -0.4 is 0 Å². The van der Waals surface area contributed by atoms with Crippen molar-refractivity contribution in [1.29, 1.82) is 0 Å². The van der Waals surface area contributed by atoms with Crippen LogP contribution in [0.1, 0.15) is 70.1 Å². The summed E-state index contributed by atoms with van der Waals surface area (Å²) in [5.41, 5.74) is -0.771. The van der Waals surface area contributed by atoms with Gasteiger partial charge in [0.1, 0.15) is 11.5 Å². The van der Waals surface area contributed by atoms with Gasteiger partial charge in [-0.15, -0.1) is 0 Å². The lowest BCUT2D eigenvalue weighted by Gasteiger charge is -2.34. The molecule has 1 saturated heterocycles. The van der Waals surface area contributed by atoms with E-state index in [1.54, 1.807) is 60.7 Å². The SMILES string of the molecule is Cc1ccc([C@H]2OC3(C(=O)c4ccccc4C3=O)[C@H](c3ccc(I)cc3)C23C(=O)c2ccccc2C3=O)cc1. The minimum atomic E-state index is -2.07. The minimum Gasteiger partial charge on any atom is -0.348 e. The van der Waals surface area contributed by atoms with Gasteiger partial charge < -0.3 is 4.74 Å². The van der Waals surface area contributed by atoms with E-state index in [1.165, 1.54) is 0 Å². The minimum absolute atomic E-state index is 0.244. The average molecular weight is 624 g/mol. The van der Waals surface area contributed by atoms with Crippen LogP contribution in [-0.2, 0) is 4.74 Å². The summed E-state index contributed by atoms with van der Waals surface area (Å²) in [4.78, 5) is 58.0. The highest BCUT2D eigenvalue weighted by molar-refractivity contribution is 14.1. The van der Waals surface area contributed by atoms with Crippen LogP contribution in [0.25, 0.3) is 0 Å². The quantitative estimate of drug-likeness (QED) is 0.192. The number of carbonyl (C=O) groups excluding carboxylic acids is 4. The summed E-state index contributed by atoms with van der Waals surface area (Å²) in [5.74, 6) is -3.06. The topological polar surface area (TPSA) is 77.5 Å². The van der Waals surface area contributed by atoms with Crippen LogP contribution in [0.5, 0.6) is 0 Å². The van der Waals surface area contributed by atoms with Gasteiger partial charge in [-0.25, -0.2) is 0 Å². The summed E-state index contributed by atoms with van der Waals surface area (Å²) in [7, 11) is 0. The predicted octanol–water partition coefficient (Wildman–Crippen LogP) is 6.34. The third-order valence-electron chi connectivity index (χ3n) is 8.42. The molecular weight excluding hydrogens is 603 g/mol. The van der Waals surface area contributed by atoms with E-state index >= 15 is 0 Å². The van der Waals surface area contributed by atoms with Gasteiger partial charge in [-0.1, -0.05) is 90.5 Å². The van der Waals surface area contributed by atoms with E-state index in [9.17, 15) is 19.2 Å². The Morgan fingerprint density at radius 3 is 1.51 bits per heavy atom. The molecule has 2 spiro atoms. The second-order valence-electron chi connectivity index (χ2n) is 10.4. The van der Waals surface area contributed by atoms with Crippen molar-refractivity contribution in [3.63, 3.8) is 0 Å². The molecule has 0 amide bonds. The Balaban J connectivity index is 1.59. The molecule has 0 aromatic heterocycles. The number of aryl methyl sites for hydroxylation is 1. The second-order valence-corrected chi connectivity index (χ2v) is 11.7. The maximum Gasteiger partial charge on any atom is 0.204 e. The summed E-state index contributed by atoms with van der Waals surface area (Å²) < 4.78 is 7.65. The van der Waals surface area contributed by atoms with Crippen LogP contribution in [0.4, 0.5) is 0 Å². The van der Waals surface area contributed by atoms with Crippen molar-refractivity contribution in [2.45, 2.75) is 24.5 Å². The number of hydrogen-bond acceptors (Lipinski definition) is 5. The van der Waals surface area contributed by atoms with E-state index in [-0.39, 0.29) is 22.3 Å². The molecule has 0 radical (unpaired) electrons. The average Bonchev–Trinajstić information content (AvgIpc) is 3.48. The first kappa shape index (κ1) is 24.3. The van der Waals surface area contributed by atoms with Crippen LogP contribution in [0, 0.1) is 15.9 Å². The summed E-state index contributed by atoms with van der Waals surface area (Å²) in [6, 6.07) is 28.0. The van der Waals surface area contributed by atoms with Gasteiger partial charge >= 0.3 is 0 Å². The molecule has 0 N–H and O–H groups in total. The van der Waals surface area contributed by atoms with Crippen LogP contribution in [0.2, 0.25) is 0 Å². The molecule has 1 fully saturated rings. The first-order chi connectivity index (χ1) is 18.8. The standard InChI is InChI=1S/C33H21IO5/c1-18-10-12-20(13-11-18)31-32(27(35)22-6-2-3-7-23(22)28(32)36)26(19-14-16-21(34)17-15-19)33(39-31)29(37)24-8-4-5-9-25(24)30(33)38/h2-17,26,31H,1H3/t26-,31-/m1/s1. The number of rotatable bonds is 2. The van der Waals surface area contributed by atoms with Crippen molar-refractivity contribution < 1.29 is 23.9 Å². The maximum atomic E-state index is 14.6. The number of fused-ring (bicyclic) bond motifs is 2. The highest BCUT2D eigenvalue weighted by Gasteiger charge is 2.79. The van der Waals surface area contributed by atoms with E-state index in [1.807, 2.05) is 43.3 Å². The van der Waals surface area contributed by atoms with Gasteiger partial charge in [0.15, 0.2) is 11.6 Å². The molecule has 1 heterocycles. The molecule has 2 aliphatic carbocycles. The maximum absolute atomic E-state index is 14.6. The lowest BCUT2D eigenvalue weighted by Crippen LogP contribution is -2.51. The third-order valence-corrected chi connectivity index (χ3v) is 9.14. The van der Waals surface area contributed by atoms with Crippen molar-refractivity contribution in [1.82, 2.24) is 0 Å². The molecule has 2 atom stereocenters. The Bertz CT molecular complexity index is 1660. The predicted molar refractivity (Wildman–Crippen MR) is 152 cm³/mol. The summed E-state index contributed by atoms with van der Waals surface area (Å²) in [6.07, 6.45) is -1.16. The Kier molecular flexibility index (Phi) is 5.22. The highest BCUT2D eigenvalue weighted by Crippen LogP contribution is 2.67. The Morgan fingerprint density at radius 2 is 1.03 bits per heavy atom. The number of Topliss-reactive ketones (excluding diaryl/α,β-unsaturated/α-hetero) is 4. The fraction of sp³-hybridized carbons (Fsp3) is 0.152. The summed E-state index contributed by atoms with van der Waals surface area (Å²) in [6.45, 7) is 1.94. The van der Waals surface area contributed by atoms with Crippen LogP contribution >= 0.6 is 22.6 Å². The van der Waals surface area contributed by atoms with Gasteiger partial charge in [-0.3, -0.25) is 19.2 Å². The van der Waals surface area contributed by atoms with Gasteiger partial charge in [0.2, 0.25) is 17.2 Å². The molecule has 5 nitrogen and oxygen atoms in total. The van der Waals surface area contributed by atoms with Crippen molar-refractivity contribution in [2.24, 2.45) is 5.41 Å². The van der Waals surface area contributed by atoms with Crippen LogP contribution in [0.15, 0.2) is 97.1 Å². The number of ether oxygens (including phenoxy) is 1. The zero-order chi connectivity index (χ0) is 27.1. The van der Waals surface area contributed by atoms with Gasteiger partial charge in [-0.2, -0.15) is 0 Å². The number of carbonyl (C=O) groups is 4. The van der Waals surface area contributed by atoms with Gasteiger partial charge in [-0.05, 0) is 52.8 Å². The van der Waals surface area contributed by atoms with Crippen molar-refractivity contribution in [3.05, 3.63) is 140 Å². The van der Waals surface area contributed by atoms with E-state index in [0.717, 1.165) is 9.13 Å². The first-order valence-electron chi connectivity index (χ1n) is 12.7. The number of halogens is 1. The van der Waals surface area contributed by atoms with Crippen LogP contribution in [-0.4, -0.2) is 28.7 Å². The molecule has 3 aliphatic rings. The van der Waals surface area contributed by atoms with Crippen molar-refractivity contribution >= 4 is 45.7 Å². The summed E-state index contributed by atoms with van der Waals surface area (Å²) in [5, 5.41) is 0. The van der Waals surface area contributed by atoms with Crippen molar-refractivity contribution in [3.8, 4) is 0 Å². The fourth-order valence-corrected chi connectivity index (χ4v) is 7.08. The Hall–Kier alpha value is -3.75. The smallest absolute Gasteiger partial charge is 0.204 e. The van der Waals surface area contributed by atoms with Gasteiger partial charge in [0.25, 0.3) is 0 Å².